The van der Waals surface area contributed by atoms with Crippen LogP contribution in [0, 0.1) is 12.7 Å². The molecule has 2 N–H and O–H groups in total. The minimum atomic E-state index is -4.62. The third-order valence-corrected chi connectivity index (χ3v) is 7.79. The highest BCUT2D eigenvalue weighted by molar-refractivity contribution is 5.75. The molecule has 230 valence electrons. The molecule has 0 radical (unpaired) electrons. The Labute approximate surface area is 248 Å². The fourth-order valence-electron chi connectivity index (χ4n) is 5.89. The molecule has 0 saturated heterocycles. The molecule has 0 bridgehead atoms. The number of halogens is 7. The quantitative estimate of drug-likeness (QED) is 0.136. The highest BCUT2D eigenvalue weighted by Gasteiger charge is 2.38. The number of alkyl halides is 6. The lowest BCUT2D eigenvalue weighted by molar-refractivity contribution is -0.138. The number of fused-ring (bicyclic) bond motifs is 2. The van der Waals surface area contributed by atoms with Crippen molar-refractivity contribution in [3.8, 4) is 33.8 Å². The smallest absolute Gasteiger partial charge is 0.416 e. The van der Waals surface area contributed by atoms with E-state index >= 15 is 0 Å². The van der Waals surface area contributed by atoms with E-state index in [2.05, 4.69) is 0 Å². The zero-order valence-electron chi connectivity index (χ0n) is 23.4. The maximum Gasteiger partial charge on any atom is 0.416 e. The Hall–Kier alpha value is -4.09. The van der Waals surface area contributed by atoms with Gasteiger partial charge in [0.1, 0.15) is 29.5 Å². The molecule has 4 aromatic rings. The van der Waals surface area contributed by atoms with Crippen LogP contribution >= 0.6 is 0 Å². The number of benzene rings is 4. The Morgan fingerprint density at radius 3 is 1.64 bits per heavy atom. The van der Waals surface area contributed by atoms with Gasteiger partial charge in [-0.05, 0) is 65.6 Å². The largest absolute Gasteiger partial charge is 0.488 e. The van der Waals surface area contributed by atoms with Crippen LogP contribution < -0.4 is 15.3 Å². The summed E-state index contributed by atoms with van der Waals surface area (Å²) < 4.78 is 109. The van der Waals surface area contributed by atoms with Gasteiger partial charge in [-0.1, -0.05) is 42.0 Å². The first-order valence-corrected chi connectivity index (χ1v) is 13.9. The monoisotopic (exact) mass is 616 g/mol. The SMILES string of the molecule is Cc1cccc(-c2cc(C(F)(F)F)cc3c2OC(CN(N)CC2Cc4cc(C(F)(F)F)cc(-c5cccc(F)c5)c4O2)C3)c1. The average Bonchev–Trinajstić information content (AvgIpc) is 3.53. The van der Waals surface area contributed by atoms with Crippen molar-refractivity contribution in [1.82, 2.24) is 5.01 Å². The summed E-state index contributed by atoms with van der Waals surface area (Å²) in [6, 6.07) is 16.6. The van der Waals surface area contributed by atoms with Crippen molar-refractivity contribution in [2.24, 2.45) is 5.84 Å². The molecule has 44 heavy (non-hydrogen) atoms. The first-order chi connectivity index (χ1) is 20.7. The molecule has 6 rings (SSSR count). The van der Waals surface area contributed by atoms with Crippen molar-refractivity contribution < 1.29 is 40.2 Å². The molecule has 11 heteroatoms. The van der Waals surface area contributed by atoms with Crippen molar-refractivity contribution in [2.45, 2.75) is 44.3 Å². The van der Waals surface area contributed by atoms with Gasteiger partial charge in [-0.25, -0.2) is 9.40 Å². The highest BCUT2D eigenvalue weighted by Crippen LogP contribution is 2.45. The van der Waals surface area contributed by atoms with Gasteiger partial charge in [0, 0.05) is 24.0 Å². The summed E-state index contributed by atoms with van der Waals surface area (Å²) in [4.78, 5) is 0. The van der Waals surface area contributed by atoms with Crippen LogP contribution in [0.2, 0.25) is 0 Å². The molecule has 2 aliphatic rings. The van der Waals surface area contributed by atoms with Crippen LogP contribution in [0.3, 0.4) is 0 Å². The third-order valence-electron chi connectivity index (χ3n) is 7.79. The predicted molar refractivity (Wildman–Crippen MR) is 150 cm³/mol. The Balaban J connectivity index is 1.20. The normalized spacial score (nSPS) is 17.8. The molecule has 0 spiro atoms. The second-order valence-corrected chi connectivity index (χ2v) is 11.2. The van der Waals surface area contributed by atoms with Crippen molar-refractivity contribution in [3.63, 3.8) is 0 Å². The van der Waals surface area contributed by atoms with E-state index in [0.29, 0.717) is 28.0 Å². The summed E-state index contributed by atoms with van der Waals surface area (Å²) in [5.41, 5.74) is 1.29. The van der Waals surface area contributed by atoms with Gasteiger partial charge in [-0.3, -0.25) is 5.84 Å². The lowest BCUT2D eigenvalue weighted by Gasteiger charge is -2.23. The first-order valence-electron chi connectivity index (χ1n) is 13.9. The molecule has 2 unspecified atom stereocenters. The molecular formula is C33H27F7N2O2. The average molecular weight is 617 g/mol. The van der Waals surface area contributed by atoms with Gasteiger partial charge in [0.2, 0.25) is 0 Å². The first kappa shape index (κ1) is 30.0. The van der Waals surface area contributed by atoms with Gasteiger partial charge in [0.15, 0.2) is 0 Å². The Morgan fingerprint density at radius 2 is 1.18 bits per heavy atom. The number of aryl methyl sites for hydroxylation is 1. The maximum atomic E-state index is 13.9. The van der Waals surface area contributed by atoms with E-state index in [-0.39, 0.29) is 42.8 Å². The summed E-state index contributed by atoms with van der Waals surface area (Å²) >= 11 is 0. The number of hydrogen-bond donors (Lipinski definition) is 1. The summed E-state index contributed by atoms with van der Waals surface area (Å²) in [5.74, 6) is 6.30. The second-order valence-electron chi connectivity index (χ2n) is 11.2. The predicted octanol–water partition coefficient (Wildman–Crippen LogP) is 7.99. The Kier molecular flexibility index (Phi) is 7.57. The number of rotatable bonds is 6. The highest BCUT2D eigenvalue weighted by atomic mass is 19.4. The second kappa shape index (κ2) is 11.1. The lowest BCUT2D eigenvalue weighted by Crippen LogP contribution is -2.45. The zero-order valence-corrected chi connectivity index (χ0v) is 23.4. The van der Waals surface area contributed by atoms with E-state index in [1.807, 2.05) is 13.0 Å². The van der Waals surface area contributed by atoms with Gasteiger partial charge >= 0.3 is 12.4 Å². The maximum absolute atomic E-state index is 13.9. The fourth-order valence-corrected chi connectivity index (χ4v) is 5.89. The number of nitrogens with zero attached hydrogens (tertiary/aromatic N) is 1. The number of hydrazine groups is 1. The van der Waals surface area contributed by atoms with Gasteiger partial charge in [0.05, 0.1) is 24.2 Å². The van der Waals surface area contributed by atoms with Crippen LogP contribution in [0.1, 0.15) is 27.8 Å². The minimum Gasteiger partial charge on any atom is -0.488 e. The molecule has 0 amide bonds. The van der Waals surface area contributed by atoms with E-state index in [1.165, 1.54) is 23.2 Å². The standard InChI is InChI=1S/C33H27F7N2O2/c1-18-4-2-5-19(8-18)28-14-23(32(35,36)37)9-21-12-26(43-30(21)28)16-42(41)17-27-13-22-10-24(33(38,39)40)15-29(31(22)44-27)20-6-3-7-25(34)11-20/h2-11,14-15,26-27H,12-13,16-17,41H2,1H3. The lowest BCUT2D eigenvalue weighted by atomic mass is 9.96. The van der Waals surface area contributed by atoms with E-state index < -0.39 is 41.5 Å². The molecule has 2 heterocycles. The Morgan fingerprint density at radius 1 is 0.705 bits per heavy atom. The number of ether oxygens (including phenoxy) is 2. The van der Waals surface area contributed by atoms with Crippen LogP contribution in [-0.2, 0) is 25.2 Å². The molecule has 4 nitrogen and oxygen atoms in total. The summed E-state index contributed by atoms with van der Waals surface area (Å²) in [6.07, 6.45) is -10.0. The summed E-state index contributed by atoms with van der Waals surface area (Å²) in [7, 11) is 0. The van der Waals surface area contributed by atoms with E-state index in [4.69, 9.17) is 15.3 Å². The van der Waals surface area contributed by atoms with Crippen LogP contribution in [-0.4, -0.2) is 30.3 Å². The molecular weight excluding hydrogens is 589 g/mol. The van der Waals surface area contributed by atoms with Crippen LogP contribution in [0.15, 0.2) is 72.8 Å². The van der Waals surface area contributed by atoms with Crippen molar-refractivity contribution in [3.05, 3.63) is 106 Å². The van der Waals surface area contributed by atoms with E-state index in [0.717, 1.165) is 35.9 Å². The number of hydrogen-bond acceptors (Lipinski definition) is 4. The fraction of sp³-hybridized carbons (Fsp3) is 0.273. The van der Waals surface area contributed by atoms with Crippen molar-refractivity contribution in [2.75, 3.05) is 13.1 Å². The molecule has 4 aromatic carbocycles. The molecule has 0 aromatic heterocycles. The van der Waals surface area contributed by atoms with Gasteiger partial charge in [-0.15, -0.1) is 0 Å². The van der Waals surface area contributed by atoms with Gasteiger partial charge in [0.25, 0.3) is 0 Å². The molecule has 2 atom stereocenters. The van der Waals surface area contributed by atoms with Gasteiger partial charge in [-0.2, -0.15) is 26.3 Å². The van der Waals surface area contributed by atoms with Crippen LogP contribution in [0.25, 0.3) is 22.3 Å². The van der Waals surface area contributed by atoms with Gasteiger partial charge < -0.3 is 9.47 Å². The summed E-state index contributed by atoms with van der Waals surface area (Å²) in [6.45, 7) is 2.08. The molecule has 0 aliphatic carbocycles. The topological polar surface area (TPSA) is 47.7 Å². The zero-order chi connectivity index (χ0) is 31.4. The van der Waals surface area contributed by atoms with Crippen LogP contribution in [0.4, 0.5) is 30.7 Å². The van der Waals surface area contributed by atoms with E-state index in [9.17, 15) is 30.7 Å². The van der Waals surface area contributed by atoms with Crippen molar-refractivity contribution in [1.29, 1.82) is 0 Å². The summed E-state index contributed by atoms with van der Waals surface area (Å²) in [5, 5.41) is 1.40. The minimum absolute atomic E-state index is 0.105. The number of nitrogens with two attached hydrogens (primary N) is 1. The third kappa shape index (κ3) is 6.11. The van der Waals surface area contributed by atoms with Crippen molar-refractivity contribution >= 4 is 0 Å². The Bertz CT molecular complexity index is 1590. The molecule has 0 fully saturated rings. The molecule has 0 saturated carbocycles. The molecule has 2 aliphatic heterocycles. The van der Waals surface area contributed by atoms with Crippen LogP contribution in [0.5, 0.6) is 11.5 Å². The van der Waals surface area contributed by atoms with E-state index in [1.54, 1.807) is 18.2 Å².